The predicted molar refractivity (Wildman–Crippen MR) is 67.7 cm³/mol. The van der Waals surface area contributed by atoms with Gasteiger partial charge < -0.3 is 15.5 Å². The maximum Gasteiger partial charge on any atom is 0.198 e. The quantitative estimate of drug-likeness (QED) is 0.896. The van der Waals surface area contributed by atoms with Crippen molar-refractivity contribution in [2.45, 2.75) is 0 Å². The van der Waals surface area contributed by atoms with E-state index in [1.165, 1.54) is 0 Å². The van der Waals surface area contributed by atoms with E-state index in [0.717, 1.165) is 15.9 Å². The van der Waals surface area contributed by atoms with Crippen molar-refractivity contribution in [2.24, 2.45) is 0 Å². The Morgan fingerprint density at radius 3 is 2.75 bits per heavy atom. The highest BCUT2D eigenvalue weighted by molar-refractivity contribution is 9.10. The molecule has 4 nitrogen and oxygen atoms in total. The Labute approximate surface area is 106 Å². The minimum atomic E-state index is 0.355. The smallest absolute Gasteiger partial charge is 0.198 e. The van der Waals surface area contributed by atoms with E-state index in [9.17, 15) is 0 Å². The molecule has 1 heterocycles. The van der Waals surface area contributed by atoms with Gasteiger partial charge in [-0.1, -0.05) is 11.6 Å². The summed E-state index contributed by atoms with van der Waals surface area (Å²) >= 11 is 9.37. The lowest BCUT2D eigenvalue weighted by molar-refractivity contribution is 0.415. The Bertz CT molecular complexity index is 527. The van der Waals surface area contributed by atoms with Gasteiger partial charge in [0.1, 0.15) is 16.0 Å². The molecule has 0 bridgehead atoms. The Kier molecular flexibility index (Phi) is 3.07. The number of rotatable bonds is 2. The third-order valence-corrected chi connectivity index (χ3v) is 2.97. The van der Waals surface area contributed by atoms with Crippen LogP contribution in [-0.2, 0) is 0 Å². The van der Waals surface area contributed by atoms with E-state index in [0.29, 0.717) is 16.7 Å². The molecule has 0 radical (unpaired) electrons. The molecule has 2 rings (SSSR count). The first-order valence-electron chi connectivity index (χ1n) is 4.46. The number of halogens is 2. The average molecular weight is 303 g/mol. The number of aromatic nitrogens is 2. The number of nitrogens with one attached hydrogen (secondary N) is 1. The molecule has 6 heteroatoms. The molecule has 0 aliphatic heterocycles. The van der Waals surface area contributed by atoms with E-state index in [1.807, 2.05) is 6.07 Å². The van der Waals surface area contributed by atoms with Crippen molar-refractivity contribution in [2.75, 3.05) is 12.8 Å². The van der Waals surface area contributed by atoms with Crippen LogP contribution < -0.4 is 10.5 Å². The molecular formula is C10H9BrClN3O. The summed E-state index contributed by atoms with van der Waals surface area (Å²) in [5, 5.41) is 0.536. The standard InChI is InChI=1S/C10H9BrClN3O/c1-16-7-3-2-5(4-6(7)12)8-9(11)15-10(13)14-8/h2-4H,1H3,(H3,13,14,15). The lowest BCUT2D eigenvalue weighted by Crippen LogP contribution is -1.87. The molecule has 0 amide bonds. The number of ether oxygens (including phenoxy) is 1. The van der Waals surface area contributed by atoms with Crippen molar-refractivity contribution in [3.63, 3.8) is 0 Å². The van der Waals surface area contributed by atoms with Crippen LogP contribution in [0, 0.1) is 0 Å². The Balaban J connectivity index is 2.49. The largest absolute Gasteiger partial charge is 0.495 e. The highest BCUT2D eigenvalue weighted by atomic mass is 79.9. The summed E-state index contributed by atoms with van der Waals surface area (Å²) in [5.74, 6) is 0.985. The summed E-state index contributed by atoms with van der Waals surface area (Å²) in [6, 6.07) is 5.43. The number of anilines is 1. The number of methoxy groups -OCH3 is 1. The number of hydrogen-bond acceptors (Lipinski definition) is 3. The number of aromatic amines is 1. The molecule has 84 valence electrons. The minimum absolute atomic E-state index is 0.355. The van der Waals surface area contributed by atoms with Gasteiger partial charge in [0.25, 0.3) is 0 Å². The van der Waals surface area contributed by atoms with Gasteiger partial charge in [0.05, 0.1) is 12.1 Å². The first-order valence-corrected chi connectivity index (χ1v) is 5.64. The van der Waals surface area contributed by atoms with Crippen LogP contribution in [0.4, 0.5) is 5.95 Å². The average Bonchev–Trinajstić information content (AvgIpc) is 2.58. The topological polar surface area (TPSA) is 63.9 Å². The summed E-state index contributed by atoms with van der Waals surface area (Å²) in [7, 11) is 1.57. The monoisotopic (exact) mass is 301 g/mol. The molecule has 16 heavy (non-hydrogen) atoms. The van der Waals surface area contributed by atoms with Crippen molar-refractivity contribution in [1.29, 1.82) is 0 Å². The summed E-state index contributed by atoms with van der Waals surface area (Å²) in [6.45, 7) is 0. The third kappa shape index (κ3) is 2.01. The molecule has 1 aromatic carbocycles. The number of nitrogens with zero attached hydrogens (tertiary/aromatic N) is 1. The van der Waals surface area contributed by atoms with Crippen molar-refractivity contribution in [3.05, 3.63) is 27.8 Å². The second-order valence-electron chi connectivity index (χ2n) is 3.13. The van der Waals surface area contributed by atoms with E-state index in [-0.39, 0.29) is 0 Å². The molecule has 0 atom stereocenters. The van der Waals surface area contributed by atoms with Crippen LogP contribution in [-0.4, -0.2) is 17.1 Å². The second-order valence-corrected chi connectivity index (χ2v) is 4.33. The second kappa shape index (κ2) is 4.35. The molecular weight excluding hydrogens is 293 g/mol. The summed E-state index contributed by atoms with van der Waals surface area (Å²) in [5.41, 5.74) is 7.15. The summed E-state index contributed by atoms with van der Waals surface area (Å²) in [6.07, 6.45) is 0. The molecule has 0 fully saturated rings. The lowest BCUT2D eigenvalue weighted by Gasteiger charge is -2.04. The summed E-state index contributed by atoms with van der Waals surface area (Å²) in [4.78, 5) is 7.02. The van der Waals surface area contributed by atoms with E-state index in [4.69, 9.17) is 22.1 Å². The SMILES string of the molecule is COc1ccc(-c2nc(N)[nH]c2Br)cc1Cl. The van der Waals surface area contributed by atoms with Crippen molar-refractivity contribution >= 4 is 33.5 Å². The molecule has 0 aliphatic carbocycles. The van der Waals surface area contributed by atoms with Crippen LogP contribution in [0.25, 0.3) is 11.3 Å². The fraction of sp³-hybridized carbons (Fsp3) is 0.100. The van der Waals surface area contributed by atoms with Crippen LogP contribution in [0.15, 0.2) is 22.8 Å². The van der Waals surface area contributed by atoms with Gasteiger partial charge in [-0.3, -0.25) is 0 Å². The van der Waals surface area contributed by atoms with E-state index < -0.39 is 0 Å². The van der Waals surface area contributed by atoms with Crippen LogP contribution in [0.3, 0.4) is 0 Å². The first kappa shape index (κ1) is 11.3. The zero-order valence-electron chi connectivity index (χ0n) is 8.42. The maximum absolute atomic E-state index is 6.03. The Morgan fingerprint density at radius 2 is 2.25 bits per heavy atom. The van der Waals surface area contributed by atoms with Crippen molar-refractivity contribution in [1.82, 2.24) is 9.97 Å². The molecule has 0 unspecified atom stereocenters. The zero-order chi connectivity index (χ0) is 11.7. The molecule has 1 aromatic heterocycles. The van der Waals surface area contributed by atoms with Gasteiger partial charge >= 0.3 is 0 Å². The van der Waals surface area contributed by atoms with Crippen LogP contribution in [0.2, 0.25) is 5.02 Å². The van der Waals surface area contributed by atoms with Gasteiger partial charge in [-0.2, -0.15) is 0 Å². The fourth-order valence-corrected chi connectivity index (χ4v) is 2.15. The molecule has 2 aromatic rings. The molecule has 3 N–H and O–H groups in total. The van der Waals surface area contributed by atoms with Gasteiger partial charge in [0, 0.05) is 5.56 Å². The molecule has 0 saturated carbocycles. The van der Waals surface area contributed by atoms with E-state index >= 15 is 0 Å². The fourth-order valence-electron chi connectivity index (χ4n) is 1.37. The number of hydrogen-bond donors (Lipinski definition) is 2. The van der Waals surface area contributed by atoms with Crippen LogP contribution in [0.1, 0.15) is 0 Å². The predicted octanol–water partition coefficient (Wildman–Crippen LogP) is 3.08. The Hall–Kier alpha value is -1.20. The number of imidazole rings is 1. The first-order chi connectivity index (χ1) is 7.61. The Morgan fingerprint density at radius 1 is 1.50 bits per heavy atom. The molecule has 0 saturated heterocycles. The number of benzene rings is 1. The van der Waals surface area contributed by atoms with Crippen molar-refractivity contribution in [3.8, 4) is 17.0 Å². The number of nitrogen functional groups attached to an aromatic ring is 1. The number of H-pyrrole nitrogens is 1. The number of nitrogens with two attached hydrogens (primary N) is 1. The minimum Gasteiger partial charge on any atom is -0.495 e. The normalized spacial score (nSPS) is 10.4. The van der Waals surface area contributed by atoms with E-state index in [2.05, 4.69) is 25.9 Å². The molecule has 0 spiro atoms. The van der Waals surface area contributed by atoms with Gasteiger partial charge in [-0.05, 0) is 34.1 Å². The van der Waals surface area contributed by atoms with Gasteiger partial charge in [-0.15, -0.1) is 0 Å². The van der Waals surface area contributed by atoms with Crippen LogP contribution >= 0.6 is 27.5 Å². The van der Waals surface area contributed by atoms with Crippen LogP contribution in [0.5, 0.6) is 5.75 Å². The highest BCUT2D eigenvalue weighted by Gasteiger charge is 2.10. The lowest BCUT2D eigenvalue weighted by atomic mass is 10.1. The zero-order valence-corrected chi connectivity index (χ0v) is 10.8. The van der Waals surface area contributed by atoms with Gasteiger partial charge in [0.2, 0.25) is 0 Å². The third-order valence-electron chi connectivity index (χ3n) is 2.10. The molecule has 0 aliphatic rings. The van der Waals surface area contributed by atoms with E-state index in [1.54, 1.807) is 19.2 Å². The van der Waals surface area contributed by atoms with Gasteiger partial charge in [-0.25, -0.2) is 4.98 Å². The maximum atomic E-state index is 6.03. The van der Waals surface area contributed by atoms with Gasteiger partial charge in [0.15, 0.2) is 5.95 Å². The highest BCUT2D eigenvalue weighted by Crippen LogP contribution is 2.32. The van der Waals surface area contributed by atoms with Crippen molar-refractivity contribution < 1.29 is 4.74 Å². The summed E-state index contributed by atoms with van der Waals surface area (Å²) < 4.78 is 5.80.